The van der Waals surface area contributed by atoms with Gasteiger partial charge in [-0.1, -0.05) is 6.92 Å². The molecule has 0 saturated heterocycles. The van der Waals surface area contributed by atoms with Crippen LogP contribution in [-0.2, 0) is 16.0 Å². The molecule has 124 valence electrons. The van der Waals surface area contributed by atoms with Gasteiger partial charge in [0.25, 0.3) is 5.91 Å². The van der Waals surface area contributed by atoms with Gasteiger partial charge in [-0.15, -0.1) is 0 Å². The topological polar surface area (TPSA) is 63.9 Å². The van der Waals surface area contributed by atoms with E-state index in [4.69, 9.17) is 4.74 Å². The Morgan fingerprint density at radius 1 is 1.30 bits per heavy atom. The average molecular weight is 317 g/mol. The molecule has 6 heteroatoms. The lowest BCUT2D eigenvalue weighted by Gasteiger charge is -2.16. The molecule has 0 radical (unpaired) electrons. The summed E-state index contributed by atoms with van der Waals surface area (Å²) in [5.74, 6) is -0.414. The van der Waals surface area contributed by atoms with E-state index < -0.39 is 0 Å². The fraction of sp³-hybridized carbons (Fsp3) is 0.471. The number of aromatic nitrogens is 2. The molecule has 0 aromatic carbocycles. The van der Waals surface area contributed by atoms with E-state index in [1.807, 2.05) is 17.4 Å². The zero-order valence-electron chi connectivity index (χ0n) is 14.1. The van der Waals surface area contributed by atoms with Crippen molar-refractivity contribution in [3.8, 4) is 0 Å². The third-order valence-corrected chi connectivity index (χ3v) is 3.84. The van der Waals surface area contributed by atoms with Crippen molar-refractivity contribution in [2.24, 2.45) is 0 Å². The largest absolute Gasteiger partial charge is 0.466 e. The van der Waals surface area contributed by atoms with Gasteiger partial charge in [0.15, 0.2) is 0 Å². The number of amides is 1. The van der Waals surface area contributed by atoms with E-state index in [1.165, 1.54) is 4.90 Å². The van der Waals surface area contributed by atoms with Crippen LogP contribution in [0.2, 0.25) is 0 Å². The number of hydrogen-bond donors (Lipinski definition) is 0. The van der Waals surface area contributed by atoms with E-state index in [9.17, 15) is 9.59 Å². The number of nitrogens with zero attached hydrogens (tertiary/aromatic N) is 3. The minimum atomic E-state index is -0.291. The Labute approximate surface area is 136 Å². The van der Waals surface area contributed by atoms with Crippen molar-refractivity contribution in [2.75, 3.05) is 20.2 Å². The van der Waals surface area contributed by atoms with Crippen LogP contribution < -0.4 is 0 Å². The number of esters is 1. The van der Waals surface area contributed by atoms with Gasteiger partial charge in [-0.05, 0) is 32.4 Å². The third-order valence-electron chi connectivity index (χ3n) is 3.84. The number of carbonyl (C=O) groups excluding carboxylic acids is 2. The Kier molecular flexibility index (Phi) is 5.36. The second kappa shape index (κ2) is 7.26. The number of ether oxygens (including phenoxy) is 1. The molecule has 0 unspecified atom stereocenters. The highest BCUT2D eigenvalue weighted by atomic mass is 16.5. The van der Waals surface area contributed by atoms with Crippen LogP contribution in [0.3, 0.4) is 0 Å². The molecule has 0 aliphatic carbocycles. The molecule has 2 heterocycles. The molecular formula is C17H23N3O3. The van der Waals surface area contributed by atoms with Crippen LogP contribution >= 0.6 is 0 Å². The summed E-state index contributed by atoms with van der Waals surface area (Å²) in [4.78, 5) is 29.9. The van der Waals surface area contributed by atoms with Crippen molar-refractivity contribution < 1.29 is 14.3 Å². The smallest absolute Gasteiger partial charge is 0.307 e. The van der Waals surface area contributed by atoms with Crippen LogP contribution in [0.4, 0.5) is 0 Å². The summed E-state index contributed by atoms with van der Waals surface area (Å²) >= 11 is 0. The van der Waals surface area contributed by atoms with Gasteiger partial charge in [-0.25, -0.2) is 4.98 Å². The maximum Gasteiger partial charge on any atom is 0.307 e. The highest BCUT2D eigenvalue weighted by Gasteiger charge is 2.15. The van der Waals surface area contributed by atoms with Crippen LogP contribution in [0.5, 0.6) is 0 Å². The van der Waals surface area contributed by atoms with Gasteiger partial charge >= 0.3 is 5.97 Å². The van der Waals surface area contributed by atoms with Crippen LogP contribution in [0.1, 0.15) is 42.0 Å². The molecule has 0 N–H and O–H groups in total. The Morgan fingerprint density at radius 2 is 2.04 bits per heavy atom. The van der Waals surface area contributed by atoms with Crippen molar-refractivity contribution in [2.45, 2.75) is 33.6 Å². The molecule has 0 fully saturated rings. The molecule has 0 atom stereocenters. The van der Waals surface area contributed by atoms with Gasteiger partial charge in [0.1, 0.15) is 5.65 Å². The summed E-state index contributed by atoms with van der Waals surface area (Å²) in [5, 5.41) is 0. The van der Waals surface area contributed by atoms with Crippen LogP contribution in [0.25, 0.3) is 5.65 Å². The molecule has 0 aliphatic heterocycles. The number of pyridine rings is 1. The molecule has 0 spiro atoms. The maximum atomic E-state index is 12.5. The van der Waals surface area contributed by atoms with E-state index in [-0.39, 0.29) is 18.3 Å². The number of imidazole rings is 1. The lowest BCUT2D eigenvalue weighted by molar-refractivity contribution is -0.143. The quantitative estimate of drug-likeness (QED) is 0.766. The lowest BCUT2D eigenvalue weighted by atomic mass is 10.2. The van der Waals surface area contributed by atoms with E-state index >= 15 is 0 Å². The SMILES string of the molecule is CCOC(=O)CCN(C)C(=O)c1ccc2nc(CC)c(C)n2c1. The van der Waals surface area contributed by atoms with Crippen molar-refractivity contribution in [3.63, 3.8) is 0 Å². The van der Waals surface area contributed by atoms with Crippen molar-refractivity contribution in [1.29, 1.82) is 0 Å². The minimum Gasteiger partial charge on any atom is -0.466 e. The third kappa shape index (κ3) is 3.70. The number of aryl methyl sites for hydroxylation is 2. The Bertz CT molecular complexity index is 721. The molecule has 23 heavy (non-hydrogen) atoms. The van der Waals surface area contributed by atoms with Crippen LogP contribution in [0.15, 0.2) is 18.3 Å². The molecule has 0 bridgehead atoms. The van der Waals surface area contributed by atoms with E-state index in [2.05, 4.69) is 11.9 Å². The van der Waals surface area contributed by atoms with Crippen molar-refractivity contribution in [1.82, 2.24) is 14.3 Å². The summed E-state index contributed by atoms with van der Waals surface area (Å²) in [7, 11) is 1.68. The standard InChI is InChI=1S/C17H23N3O3/c1-5-14-12(3)20-11-13(7-8-15(20)18-14)17(22)19(4)10-9-16(21)23-6-2/h7-8,11H,5-6,9-10H2,1-4H3. The predicted octanol–water partition coefficient (Wildman–Crippen LogP) is 2.23. The zero-order chi connectivity index (χ0) is 17.0. The summed E-state index contributed by atoms with van der Waals surface area (Å²) in [6.45, 7) is 6.51. The van der Waals surface area contributed by atoms with Gasteiger partial charge in [0, 0.05) is 25.5 Å². The number of carbonyl (C=O) groups is 2. The molecule has 1 amide bonds. The molecule has 0 aliphatic rings. The zero-order valence-corrected chi connectivity index (χ0v) is 14.1. The number of hydrogen-bond acceptors (Lipinski definition) is 4. The Morgan fingerprint density at radius 3 is 2.70 bits per heavy atom. The fourth-order valence-corrected chi connectivity index (χ4v) is 2.49. The lowest BCUT2D eigenvalue weighted by Crippen LogP contribution is -2.29. The summed E-state index contributed by atoms with van der Waals surface area (Å²) in [6.07, 6.45) is 2.86. The molecule has 2 aromatic heterocycles. The fourth-order valence-electron chi connectivity index (χ4n) is 2.49. The number of fused-ring (bicyclic) bond motifs is 1. The minimum absolute atomic E-state index is 0.123. The van der Waals surface area contributed by atoms with E-state index in [0.717, 1.165) is 23.5 Å². The first-order chi connectivity index (χ1) is 11.0. The first-order valence-corrected chi connectivity index (χ1v) is 7.86. The summed E-state index contributed by atoms with van der Waals surface area (Å²) in [5.41, 5.74) is 3.49. The van der Waals surface area contributed by atoms with Gasteiger partial charge < -0.3 is 14.0 Å². The molecule has 2 rings (SSSR count). The van der Waals surface area contributed by atoms with Gasteiger partial charge in [-0.3, -0.25) is 9.59 Å². The maximum absolute atomic E-state index is 12.5. The first-order valence-electron chi connectivity index (χ1n) is 7.86. The monoisotopic (exact) mass is 317 g/mol. The Balaban J connectivity index is 2.14. The Hall–Kier alpha value is -2.37. The van der Waals surface area contributed by atoms with Crippen molar-refractivity contribution >= 4 is 17.5 Å². The highest BCUT2D eigenvalue weighted by Crippen LogP contribution is 2.15. The molecule has 6 nitrogen and oxygen atoms in total. The first kappa shape index (κ1) is 17.0. The van der Waals surface area contributed by atoms with Crippen LogP contribution in [-0.4, -0.2) is 46.4 Å². The molecule has 2 aromatic rings. The second-order valence-corrected chi connectivity index (χ2v) is 5.43. The molecule has 0 saturated carbocycles. The predicted molar refractivity (Wildman–Crippen MR) is 87.5 cm³/mol. The van der Waals surface area contributed by atoms with E-state index in [0.29, 0.717) is 18.7 Å². The normalized spacial score (nSPS) is 10.8. The van der Waals surface area contributed by atoms with E-state index in [1.54, 1.807) is 26.2 Å². The van der Waals surface area contributed by atoms with Gasteiger partial charge in [-0.2, -0.15) is 0 Å². The van der Waals surface area contributed by atoms with Gasteiger partial charge in [0.2, 0.25) is 0 Å². The second-order valence-electron chi connectivity index (χ2n) is 5.43. The summed E-state index contributed by atoms with van der Waals surface area (Å²) in [6, 6.07) is 3.61. The average Bonchev–Trinajstić information content (AvgIpc) is 2.88. The van der Waals surface area contributed by atoms with Gasteiger partial charge in [0.05, 0.1) is 24.3 Å². The number of rotatable bonds is 6. The highest BCUT2D eigenvalue weighted by molar-refractivity contribution is 5.94. The summed E-state index contributed by atoms with van der Waals surface area (Å²) < 4.78 is 6.81. The molecular weight excluding hydrogens is 294 g/mol. The van der Waals surface area contributed by atoms with Crippen LogP contribution in [0, 0.1) is 6.92 Å². The van der Waals surface area contributed by atoms with Crippen molar-refractivity contribution in [3.05, 3.63) is 35.3 Å².